The minimum absolute atomic E-state index is 0.176. The largest absolute Gasteiger partial charge is 0.480 e. The van der Waals surface area contributed by atoms with Crippen molar-refractivity contribution in [2.24, 2.45) is 0 Å². The average molecular weight is 276 g/mol. The predicted molar refractivity (Wildman–Crippen MR) is 67.5 cm³/mol. The van der Waals surface area contributed by atoms with Crippen LogP contribution in [0, 0.1) is 0 Å². The minimum Gasteiger partial charge on any atom is -0.480 e. The highest BCUT2D eigenvalue weighted by Crippen LogP contribution is 2.20. The molecule has 0 bridgehead atoms. The maximum Gasteiger partial charge on any atom is 0.326 e. The van der Waals surface area contributed by atoms with Crippen molar-refractivity contribution in [1.82, 2.24) is 4.90 Å². The lowest BCUT2D eigenvalue weighted by Gasteiger charge is -2.21. The number of thiophene rings is 1. The van der Waals surface area contributed by atoms with Crippen LogP contribution in [0.5, 0.6) is 0 Å². The highest BCUT2D eigenvalue weighted by molar-refractivity contribution is 7.10. The van der Waals surface area contributed by atoms with E-state index in [1.807, 2.05) is 11.4 Å². The van der Waals surface area contributed by atoms with E-state index in [0.29, 0.717) is 17.9 Å². The first-order valence-corrected chi connectivity index (χ1v) is 6.39. The maximum atomic E-state index is 11.7. The van der Waals surface area contributed by atoms with Gasteiger partial charge in [0.2, 0.25) is 5.91 Å². The summed E-state index contributed by atoms with van der Waals surface area (Å²) in [6, 6.07) is 1.02. The van der Waals surface area contributed by atoms with Gasteiger partial charge in [-0.05, 0) is 19.4 Å². The molecule has 1 amide bonds. The fraction of sp³-hybridized carbons (Fsp3) is 0.455. The van der Waals surface area contributed by atoms with Gasteiger partial charge in [0.1, 0.15) is 6.04 Å². The van der Waals surface area contributed by atoms with E-state index in [0.717, 1.165) is 4.88 Å². The highest BCUT2D eigenvalue weighted by atomic mass is 35.5. The number of hydrogen-bond donors (Lipinski definition) is 1. The molecule has 0 radical (unpaired) electrons. The Labute approximate surface area is 109 Å². The van der Waals surface area contributed by atoms with Gasteiger partial charge in [-0.2, -0.15) is 0 Å². The molecule has 94 valence electrons. The second-order valence-corrected chi connectivity index (χ2v) is 5.18. The van der Waals surface area contributed by atoms with E-state index in [1.54, 1.807) is 0 Å². The van der Waals surface area contributed by atoms with E-state index in [-0.39, 0.29) is 5.91 Å². The predicted octanol–water partition coefficient (Wildman–Crippen LogP) is 2.27. The Kier molecular flexibility index (Phi) is 4.96. The number of carboxylic acid groups (broad SMARTS) is 1. The third kappa shape index (κ3) is 4.02. The number of aliphatic carboxylic acids is 1. The summed E-state index contributed by atoms with van der Waals surface area (Å²) in [6.45, 7) is 1.49. The monoisotopic (exact) mass is 275 g/mol. The lowest BCUT2D eigenvalue weighted by atomic mass is 10.2. The Hall–Kier alpha value is -1.07. The second-order valence-electron chi connectivity index (χ2n) is 3.75. The Morgan fingerprint density at radius 3 is 2.71 bits per heavy atom. The molecular formula is C11H14ClNO3S. The summed E-state index contributed by atoms with van der Waals surface area (Å²) in [5.41, 5.74) is 0. The molecule has 1 aromatic heterocycles. The lowest BCUT2D eigenvalue weighted by molar-refractivity contribution is -0.148. The number of halogens is 1. The number of rotatable bonds is 5. The standard InChI is InChI=1S/C11H14ClNO3S/c1-7(11(15)16)13(2)10(14)4-3-9-5-8(12)6-17-9/h5-7H,3-4H2,1-2H3,(H,15,16). The van der Waals surface area contributed by atoms with Gasteiger partial charge in [-0.25, -0.2) is 4.79 Å². The van der Waals surface area contributed by atoms with Crippen molar-refractivity contribution in [2.45, 2.75) is 25.8 Å². The summed E-state index contributed by atoms with van der Waals surface area (Å²) >= 11 is 7.27. The quantitative estimate of drug-likeness (QED) is 0.897. The molecule has 0 aliphatic carbocycles. The molecule has 1 aromatic rings. The number of carbonyl (C=O) groups is 2. The van der Waals surface area contributed by atoms with E-state index in [2.05, 4.69) is 0 Å². The fourth-order valence-electron chi connectivity index (χ4n) is 1.27. The van der Waals surface area contributed by atoms with Crippen LogP contribution in [0.4, 0.5) is 0 Å². The van der Waals surface area contributed by atoms with Gasteiger partial charge in [0.25, 0.3) is 0 Å². The van der Waals surface area contributed by atoms with Crippen LogP contribution in [0.1, 0.15) is 18.2 Å². The van der Waals surface area contributed by atoms with E-state index in [4.69, 9.17) is 16.7 Å². The van der Waals surface area contributed by atoms with Gasteiger partial charge in [-0.1, -0.05) is 11.6 Å². The van der Waals surface area contributed by atoms with Crippen LogP contribution in [-0.2, 0) is 16.0 Å². The highest BCUT2D eigenvalue weighted by Gasteiger charge is 2.21. The third-order valence-electron chi connectivity index (χ3n) is 2.54. The van der Waals surface area contributed by atoms with Crippen molar-refractivity contribution in [3.63, 3.8) is 0 Å². The third-order valence-corrected chi connectivity index (χ3v) is 3.88. The van der Waals surface area contributed by atoms with Gasteiger partial charge in [-0.3, -0.25) is 4.79 Å². The van der Waals surface area contributed by atoms with Crippen molar-refractivity contribution < 1.29 is 14.7 Å². The molecular weight excluding hydrogens is 262 g/mol. The molecule has 0 aromatic carbocycles. The molecule has 1 rings (SSSR count). The number of nitrogens with zero attached hydrogens (tertiary/aromatic N) is 1. The van der Waals surface area contributed by atoms with Crippen molar-refractivity contribution in [3.05, 3.63) is 21.3 Å². The molecule has 1 atom stereocenters. The molecule has 4 nitrogen and oxygen atoms in total. The average Bonchev–Trinajstić information content (AvgIpc) is 2.69. The minimum atomic E-state index is -1.000. The zero-order valence-corrected chi connectivity index (χ0v) is 11.2. The summed E-state index contributed by atoms with van der Waals surface area (Å²) in [7, 11) is 1.50. The van der Waals surface area contributed by atoms with Gasteiger partial charge in [-0.15, -0.1) is 11.3 Å². The van der Waals surface area contributed by atoms with Gasteiger partial charge in [0.05, 0.1) is 5.02 Å². The number of likely N-dealkylation sites (N-methyl/N-ethyl adjacent to an activating group) is 1. The van der Waals surface area contributed by atoms with Crippen molar-refractivity contribution in [1.29, 1.82) is 0 Å². The summed E-state index contributed by atoms with van der Waals surface area (Å²) in [5, 5.41) is 11.3. The van der Waals surface area contributed by atoms with Gasteiger partial charge in [0.15, 0.2) is 0 Å². The molecule has 17 heavy (non-hydrogen) atoms. The number of hydrogen-bond acceptors (Lipinski definition) is 3. The zero-order valence-electron chi connectivity index (χ0n) is 9.64. The molecule has 6 heteroatoms. The first-order valence-electron chi connectivity index (χ1n) is 5.13. The summed E-state index contributed by atoms with van der Waals surface area (Å²) in [4.78, 5) is 24.7. The van der Waals surface area contributed by atoms with Crippen LogP contribution in [-0.4, -0.2) is 35.0 Å². The Bertz CT molecular complexity index is 419. The Morgan fingerprint density at radius 1 is 1.59 bits per heavy atom. The van der Waals surface area contributed by atoms with Crippen LogP contribution in [0.2, 0.25) is 5.02 Å². The summed E-state index contributed by atoms with van der Waals surface area (Å²) in [6.07, 6.45) is 0.887. The normalized spacial score (nSPS) is 12.2. The Morgan fingerprint density at radius 2 is 2.24 bits per heavy atom. The molecule has 1 heterocycles. The number of carbonyl (C=O) groups excluding carboxylic acids is 1. The van der Waals surface area contributed by atoms with Crippen LogP contribution in [0.15, 0.2) is 11.4 Å². The summed E-state index contributed by atoms with van der Waals surface area (Å²) in [5.74, 6) is -1.18. The number of carboxylic acids is 1. The summed E-state index contributed by atoms with van der Waals surface area (Å²) < 4.78 is 0. The molecule has 0 saturated carbocycles. The molecule has 0 saturated heterocycles. The first kappa shape index (κ1) is 14.0. The molecule has 1 unspecified atom stereocenters. The van der Waals surface area contributed by atoms with E-state index < -0.39 is 12.0 Å². The Balaban J connectivity index is 2.47. The number of amides is 1. The van der Waals surface area contributed by atoms with Crippen LogP contribution >= 0.6 is 22.9 Å². The van der Waals surface area contributed by atoms with E-state index in [1.165, 1.54) is 30.2 Å². The molecule has 0 fully saturated rings. The fourth-order valence-corrected chi connectivity index (χ4v) is 2.35. The molecule has 0 aliphatic heterocycles. The van der Waals surface area contributed by atoms with Crippen LogP contribution in [0.3, 0.4) is 0 Å². The maximum absolute atomic E-state index is 11.7. The zero-order chi connectivity index (χ0) is 13.0. The number of aryl methyl sites for hydroxylation is 1. The van der Waals surface area contributed by atoms with Gasteiger partial charge < -0.3 is 10.0 Å². The van der Waals surface area contributed by atoms with Crippen LogP contribution < -0.4 is 0 Å². The van der Waals surface area contributed by atoms with E-state index >= 15 is 0 Å². The topological polar surface area (TPSA) is 57.6 Å². The lowest BCUT2D eigenvalue weighted by Crippen LogP contribution is -2.40. The smallest absolute Gasteiger partial charge is 0.326 e. The van der Waals surface area contributed by atoms with Crippen molar-refractivity contribution in [3.8, 4) is 0 Å². The molecule has 0 aliphatic rings. The SMILES string of the molecule is CC(C(=O)O)N(C)C(=O)CCc1cc(Cl)cs1. The van der Waals surface area contributed by atoms with Crippen LogP contribution in [0.25, 0.3) is 0 Å². The molecule has 1 N–H and O–H groups in total. The van der Waals surface area contributed by atoms with E-state index in [9.17, 15) is 9.59 Å². The second kappa shape index (κ2) is 6.02. The molecule has 0 spiro atoms. The first-order chi connectivity index (χ1) is 7.91. The van der Waals surface area contributed by atoms with Crippen molar-refractivity contribution in [2.75, 3.05) is 7.05 Å². The van der Waals surface area contributed by atoms with Gasteiger partial charge >= 0.3 is 5.97 Å². The van der Waals surface area contributed by atoms with Gasteiger partial charge in [0, 0.05) is 23.7 Å². The van der Waals surface area contributed by atoms with Crippen molar-refractivity contribution >= 4 is 34.8 Å².